The van der Waals surface area contributed by atoms with Gasteiger partial charge >= 0.3 is 0 Å². The van der Waals surface area contributed by atoms with Gasteiger partial charge in [0.05, 0.1) is 32.2 Å². The van der Waals surface area contributed by atoms with Gasteiger partial charge in [-0.1, -0.05) is 33.8 Å². The van der Waals surface area contributed by atoms with Crippen LogP contribution in [-0.4, -0.2) is 46.6 Å². The molecule has 0 unspecified atom stereocenters. The van der Waals surface area contributed by atoms with Crippen molar-refractivity contribution >= 4 is 51.3 Å². The maximum atomic E-state index is 13.9. The van der Waals surface area contributed by atoms with E-state index in [1.54, 1.807) is 56.2 Å². The molecule has 2 aromatic carbocycles. The van der Waals surface area contributed by atoms with Crippen molar-refractivity contribution < 1.29 is 23.5 Å². The van der Waals surface area contributed by atoms with Gasteiger partial charge in [-0.2, -0.15) is 0 Å². The van der Waals surface area contributed by atoms with Gasteiger partial charge in [0.15, 0.2) is 22.5 Å². The van der Waals surface area contributed by atoms with Crippen LogP contribution < -0.4 is 20.1 Å². The summed E-state index contributed by atoms with van der Waals surface area (Å²) in [4.78, 5) is 24.4. The van der Waals surface area contributed by atoms with E-state index in [1.807, 2.05) is 0 Å². The quantitative estimate of drug-likeness (QED) is 0.285. The third-order valence-electron chi connectivity index (χ3n) is 4.72. The number of rotatable bonds is 10. The molecule has 0 aliphatic heterocycles. The zero-order valence-corrected chi connectivity index (χ0v) is 21.6. The van der Waals surface area contributed by atoms with Crippen molar-refractivity contribution in [1.29, 1.82) is 0 Å². The Kier molecular flexibility index (Phi) is 9.26. The fourth-order valence-electron chi connectivity index (χ4n) is 2.89. The molecule has 9 nitrogen and oxygen atoms in total. The minimum Gasteiger partial charge on any atom is -0.493 e. The van der Waals surface area contributed by atoms with E-state index in [-0.39, 0.29) is 29.8 Å². The van der Waals surface area contributed by atoms with E-state index in [2.05, 4.69) is 36.8 Å². The van der Waals surface area contributed by atoms with E-state index in [0.717, 1.165) is 17.3 Å². The van der Waals surface area contributed by atoms with Crippen LogP contribution >= 0.6 is 27.7 Å². The maximum absolute atomic E-state index is 13.9. The SMILES string of the molecule is COc1ccc(/C=C/C(=O)NCc2nnc(SCC(=O)Nc3ccc(Br)cc3F)n2C)cc1OC. The second-order valence-electron chi connectivity index (χ2n) is 7.08. The zero-order chi connectivity index (χ0) is 25.4. The molecule has 2 amide bonds. The average molecular weight is 564 g/mol. The van der Waals surface area contributed by atoms with Gasteiger partial charge in [-0.25, -0.2) is 4.39 Å². The van der Waals surface area contributed by atoms with Crippen molar-refractivity contribution in [2.75, 3.05) is 25.3 Å². The van der Waals surface area contributed by atoms with Crippen LogP contribution in [0.5, 0.6) is 11.5 Å². The number of halogens is 2. The van der Waals surface area contributed by atoms with E-state index in [4.69, 9.17) is 9.47 Å². The lowest BCUT2D eigenvalue weighted by molar-refractivity contribution is -0.116. The van der Waals surface area contributed by atoms with Crippen molar-refractivity contribution in [2.24, 2.45) is 7.05 Å². The minimum absolute atomic E-state index is 0.0158. The number of carbonyl (C=O) groups excluding carboxylic acids is 2. The highest BCUT2D eigenvalue weighted by molar-refractivity contribution is 9.10. The van der Waals surface area contributed by atoms with Gasteiger partial charge in [0, 0.05) is 17.6 Å². The largest absolute Gasteiger partial charge is 0.493 e. The summed E-state index contributed by atoms with van der Waals surface area (Å²) in [7, 11) is 4.83. The molecular formula is C23H23BrFN5O4S. The number of anilines is 1. The second kappa shape index (κ2) is 12.4. The van der Waals surface area contributed by atoms with Gasteiger partial charge in [-0.05, 0) is 42.0 Å². The molecule has 0 saturated heterocycles. The van der Waals surface area contributed by atoms with Crippen molar-refractivity contribution in [1.82, 2.24) is 20.1 Å². The Bertz CT molecular complexity index is 1250. The Balaban J connectivity index is 1.50. The summed E-state index contributed by atoms with van der Waals surface area (Å²) in [5, 5.41) is 13.9. The van der Waals surface area contributed by atoms with Crippen molar-refractivity contribution in [3.05, 3.63) is 64.2 Å². The Morgan fingerprint density at radius 1 is 1.14 bits per heavy atom. The molecule has 35 heavy (non-hydrogen) atoms. The predicted molar refractivity (Wildman–Crippen MR) is 135 cm³/mol. The van der Waals surface area contributed by atoms with Crippen molar-refractivity contribution in [3.8, 4) is 11.5 Å². The highest BCUT2D eigenvalue weighted by Crippen LogP contribution is 2.28. The van der Waals surface area contributed by atoms with E-state index in [1.165, 1.54) is 18.2 Å². The topological polar surface area (TPSA) is 107 Å². The van der Waals surface area contributed by atoms with Crippen LogP contribution in [0.4, 0.5) is 10.1 Å². The molecular weight excluding hydrogens is 541 g/mol. The van der Waals surface area contributed by atoms with Gasteiger partial charge in [-0.15, -0.1) is 10.2 Å². The standard InChI is InChI=1S/C23H23BrFN5O4S/c1-30-20(12-26-21(31)9-5-14-4-8-18(33-2)19(10-14)34-3)28-29-23(30)35-13-22(32)27-17-7-6-15(24)11-16(17)25/h4-11H,12-13H2,1-3H3,(H,26,31)(H,27,32)/b9-5+. The lowest BCUT2D eigenvalue weighted by Gasteiger charge is -2.08. The van der Waals surface area contributed by atoms with Gasteiger partial charge in [0.1, 0.15) is 5.82 Å². The summed E-state index contributed by atoms with van der Waals surface area (Å²) in [5.41, 5.74) is 0.873. The molecule has 0 atom stereocenters. The van der Waals surface area contributed by atoms with Crippen LogP contribution in [0.2, 0.25) is 0 Å². The number of methoxy groups -OCH3 is 2. The van der Waals surface area contributed by atoms with Gasteiger partial charge in [-0.3, -0.25) is 9.59 Å². The van der Waals surface area contributed by atoms with E-state index >= 15 is 0 Å². The third kappa shape index (κ3) is 7.30. The molecule has 0 aliphatic carbocycles. The molecule has 0 fully saturated rings. The summed E-state index contributed by atoms with van der Waals surface area (Å²) < 4.78 is 26.6. The fourth-order valence-corrected chi connectivity index (χ4v) is 3.95. The first-order valence-corrected chi connectivity index (χ1v) is 12.0. The fraction of sp³-hybridized carbons (Fsp3) is 0.217. The summed E-state index contributed by atoms with van der Waals surface area (Å²) in [6.45, 7) is 0.148. The van der Waals surface area contributed by atoms with E-state index in [0.29, 0.717) is 27.0 Å². The number of thioether (sulfide) groups is 1. The maximum Gasteiger partial charge on any atom is 0.244 e. The number of aromatic nitrogens is 3. The number of amides is 2. The molecule has 3 rings (SSSR count). The van der Waals surface area contributed by atoms with Gasteiger partial charge < -0.3 is 24.7 Å². The van der Waals surface area contributed by atoms with Gasteiger partial charge in [0.25, 0.3) is 0 Å². The number of nitrogens with zero attached hydrogens (tertiary/aromatic N) is 3. The smallest absolute Gasteiger partial charge is 0.244 e. The van der Waals surface area contributed by atoms with Crippen LogP contribution in [0, 0.1) is 5.82 Å². The highest BCUT2D eigenvalue weighted by atomic mass is 79.9. The number of carbonyl (C=O) groups is 2. The minimum atomic E-state index is -0.533. The Hall–Kier alpha value is -3.38. The first kappa shape index (κ1) is 26.2. The van der Waals surface area contributed by atoms with Crippen molar-refractivity contribution in [2.45, 2.75) is 11.7 Å². The zero-order valence-electron chi connectivity index (χ0n) is 19.2. The number of hydrogen-bond donors (Lipinski definition) is 2. The number of benzene rings is 2. The Morgan fingerprint density at radius 2 is 1.91 bits per heavy atom. The predicted octanol–water partition coefficient (Wildman–Crippen LogP) is 3.79. The van der Waals surface area contributed by atoms with E-state index in [9.17, 15) is 14.0 Å². The Labute approximate surface area is 214 Å². The summed E-state index contributed by atoms with van der Waals surface area (Å²) in [6.07, 6.45) is 3.06. The van der Waals surface area contributed by atoms with Crippen LogP contribution in [0.15, 0.2) is 52.1 Å². The number of nitrogens with one attached hydrogen (secondary N) is 2. The van der Waals surface area contributed by atoms with Crippen LogP contribution in [0.25, 0.3) is 6.08 Å². The molecule has 3 aromatic rings. The van der Waals surface area contributed by atoms with Crippen LogP contribution in [-0.2, 0) is 23.2 Å². The molecule has 0 radical (unpaired) electrons. The lowest BCUT2D eigenvalue weighted by atomic mass is 10.2. The number of hydrogen-bond acceptors (Lipinski definition) is 7. The Morgan fingerprint density at radius 3 is 2.63 bits per heavy atom. The molecule has 1 aromatic heterocycles. The summed E-state index contributed by atoms with van der Waals surface area (Å²) >= 11 is 4.32. The van der Waals surface area contributed by atoms with Crippen molar-refractivity contribution in [3.63, 3.8) is 0 Å². The molecule has 0 aliphatic rings. The molecule has 12 heteroatoms. The third-order valence-corrected chi connectivity index (χ3v) is 6.23. The van der Waals surface area contributed by atoms with E-state index < -0.39 is 5.82 Å². The molecule has 184 valence electrons. The first-order chi connectivity index (χ1) is 16.8. The molecule has 0 spiro atoms. The second-order valence-corrected chi connectivity index (χ2v) is 8.94. The molecule has 2 N–H and O–H groups in total. The van der Waals surface area contributed by atoms with Crippen LogP contribution in [0.1, 0.15) is 11.4 Å². The highest BCUT2D eigenvalue weighted by Gasteiger charge is 2.13. The van der Waals surface area contributed by atoms with Crippen LogP contribution in [0.3, 0.4) is 0 Å². The first-order valence-electron chi connectivity index (χ1n) is 10.2. The normalized spacial score (nSPS) is 10.9. The lowest BCUT2D eigenvalue weighted by Crippen LogP contribution is -2.22. The molecule has 1 heterocycles. The molecule has 0 saturated carbocycles. The monoisotopic (exact) mass is 563 g/mol. The molecule has 0 bridgehead atoms. The summed E-state index contributed by atoms with van der Waals surface area (Å²) in [5.74, 6) is 0.469. The average Bonchev–Trinajstić information content (AvgIpc) is 3.20. The van der Waals surface area contributed by atoms with Gasteiger partial charge in [0.2, 0.25) is 11.8 Å². The summed E-state index contributed by atoms with van der Waals surface area (Å²) in [6, 6.07) is 9.71. The number of ether oxygens (including phenoxy) is 2.